The standard InChI is InChI=1S/C28H27F3O/c1-3-5-23-13-10-22(17-32-23)21-12-14-24(26(29)16-21)19-6-8-20(9-7-19)25-15-11-18(4-2)27(30)28(25)31/h3,5-9,11-12,14-16,22-23H,4,10,13,17H2,1-2H3/b5-3+. The monoisotopic (exact) mass is 436 g/mol. The van der Waals surface area contributed by atoms with E-state index in [2.05, 4.69) is 6.08 Å². The molecule has 1 aliphatic rings. The van der Waals surface area contributed by atoms with Crippen LogP contribution in [0.15, 0.2) is 66.7 Å². The van der Waals surface area contributed by atoms with Gasteiger partial charge in [-0.05, 0) is 54.5 Å². The van der Waals surface area contributed by atoms with Crippen LogP contribution in [-0.4, -0.2) is 12.7 Å². The summed E-state index contributed by atoms with van der Waals surface area (Å²) in [6.07, 6.45) is 6.52. The quantitative estimate of drug-likeness (QED) is 0.370. The Balaban J connectivity index is 1.53. The van der Waals surface area contributed by atoms with Gasteiger partial charge in [-0.3, -0.25) is 0 Å². The number of allylic oxidation sites excluding steroid dienone is 1. The van der Waals surface area contributed by atoms with Gasteiger partial charge in [0.05, 0.1) is 12.7 Å². The highest BCUT2D eigenvalue weighted by atomic mass is 19.2. The van der Waals surface area contributed by atoms with E-state index in [1.165, 1.54) is 0 Å². The van der Waals surface area contributed by atoms with Crippen molar-refractivity contribution in [1.82, 2.24) is 0 Å². The lowest BCUT2D eigenvalue weighted by Crippen LogP contribution is -2.23. The van der Waals surface area contributed by atoms with E-state index in [4.69, 9.17) is 4.74 Å². The first-order valence-corrected chi connectivity index (χ1v) is 11.1. The molecule has 1 heterocycles. The third kappa shape index (κ3) is 4.51. The van der Waals surface area contributed by atoms with Crippen molar-refractivity contribution in [3.05, 3.63) is 95.3 Å². The predicted octanol–water partition coefficient (Wildman–Crippen LogP) is 7.84. The van der Waals surface area contributed by atoms with Crippen molar-refractivity contribution in [2.24, 2.45) is 0 Å². The Kier molecular flexibility index (Phi) is 6.80. The molecule has 1 fully saturated rings. The van der Waals surface area contributed by atoms with Gasteiger partial charge >= 0.3 is 0 Å². The minimum atomic E-state index is -0.848. The molecule has 2 atom stereocenters. The first-order chi connectivity index (χ1) is 15.5. The van der Waals surface area contributed by atoms with Gasteiger partial charge in [-0.25, -0.2) is 13.2 Å². The number of halogens is 3. The molecule has 1 aliphatic heterocycles. The van der Waals surface area contributed by atoms with Crippen LogP contribution in [0.4, 0.5) is 13.2 Å². The van der Waals surface area contributed by atoms with Crippen LogP contribution in [0.3, 0.4) is 0 Å². The van der Waals surface area contributed by atoms with Crippen LogP contribution in [0, 0.1) is 17.5 Å². The van der Waals surface area contributed by atoms with Crippen molar-refractivity contribution in [2.75, 3.05) is 6.61 Å². The average molecular weight is 437 g/mol. The van der Waals surface area contributed by atoms with Gasteiger partial charge in [0.2, 0.25) is 0 Å². The summed E-state index contributed by atoms with van der Waals surface area (Å²) < 4.78 is 49.4. The first-order valence-electron chi connectivity index (χ1n) is 11.1. The van der Waals surface area contributed by atoms with Gasteiger partial charge in [0, 0.05) is 17.0 Å². The molecule has 4 rings (SSSR count). The maximum Gasteiger partial charge on any atom is 0.166 e. The van der Waals surface area contributed by atoms with Gasteiger partial charge in [-0.2, -0.15) is 0 Å². The largest absolute Gasteiger partial charge is 0.374 e. The van der Waals surface area contributed by atoms with Crippen LogP contribution in [-0.2, 0) is 11.2 Å². The molecule has 0 saturated carbocycles. The molecule has 3 aromatic rings. The topological polar surface area (TPSA) is 9.23 Å². The van der Waals surface area contributed by atoms with Crippen molar-refractivity contribution in [3.63, 3.8) is 0 Å². The molecule has 0 aromatic heterocycles. The highest BCUT2D eigenvalue weighted by molar-refractivity contribution is 5.71. The van der Waals surface area contributed by atoms with E-state index in [-0.39, 0.29) is 23.4 Å². The highest BCUT2D eigenvalue weighted by Gasteiger charge is 2.22. The third-order valence-electron chi connectivity index (χ3n) is 6.23. The van der Waals surface area contributed by atoms with Crippen LogP contribution in [0.25, 0.3) is 22.3 Å². The molecule has 0 N–H and O–H groups in total. The molecular formula is C28H27F3O. The number of aryl methyl sites for hydroxylation is 1. The molecule has 1 nitrogen and oxygen atoms in total. The maximum absolute atomic E-state index is 15.0. The second kappa shape index (κ2) is 9.74. The molecule has 4 heteroatoms. The maximum atomic E-state index is 15.0. The van der Waals surface area contributed by atoms with Gasteiger partial charge in [0.15, 0.2) is 11.6 Å². The Morgan fingerprint density at radius 2 is 1.56 bits per heavy atom. The number of rotatable bonds is 5. The van der Waals surface area contributed by atoms with Crippen molar-refractivity contribution >= 4 is 0 Å². The van der Waals surface area contributed by atoms with E-state index >= 15 is 0 Å². The van der Waals surface area contributed by atoms with E-state index in [0.29, 0.717) is 35.3 Å². The summed E-state index contributed by atoms with van der Waals surface area (Å²) in [6, 6.07) is 15.4. The van der Waals surface area contributed by atoms with E-state index in [0.717, 1.165) is 18.4 Å². The zero-order valence-electron chi connectivity index (χ0n) is 18.4. The number of hydrogen-bond acceptors (Lipinski definition) is 1. The summed E-state index contributed by atoms with van der Waals surface area (Å²) in [7, 11) is 0. The lowest BCUT2D eigenvalue weighted by atomic mass is 9.89. The Hall–Kier alpha value is -2.85. The second-order valence-corrected chi connectivity index (χ2v) is 8.24. The normalized spacial score (nSPS) is 18.9. The molecule has 1 saturated heterocycles. The summed E-state index contributed by atoms with van der Waals surface area (Å²) in [5.74, 6) is -1.76. The second-order valence-electron chi connectivity index (χ2n) is 8.24. The summed E-state index contributed by atoms with van der Waals surface area (Å²) in [5, 5.41) is 0. The van der Waals surface area contributed by atoms with Crippen molar-refractivity contribution in [3.8, 4) is 22.3 Å². The van der Waals surface area contributed by atoms with E-state index in [1.807, 2.05) is 19.1 Å². The molecule has 3 aromatic carbocycles. The molecule has 0 spiro atoms. The van der Waals surface area contributed by atoms with E-state index in [1.54, 1.807) is 55.5 Å². The molecule has 0 aliphatic carbocycles. The number of hydrogen-bond donors (Lipinski definition) is 0. The predicted molar refractivity (Wildman–Crippen MR) is 123 cm³/mol. The molecule has 0 radical (unpaired) electrons. The summed E-state index contributed by atoms with van der Waals surface area (Å²) >= 11 is 0. The average Bonchev–Trinajstić information content (AvgIpc) is 2.82. The number of ether oxygens (including phenoxy) is 1. The van der Waals surface area contributed by atoms with Gasteiger partial charge in [0.25, 0.3) is 0 Å². The minimum Gasteiger partial charge on any atom is -0.374 e. The van der Waals surface area contributed by atoms with Crippen molar-refractivity contribution < 1.29 is 17.9 Å². The summed E-state index contributed by atoms with van der Waals surface area (Å²) in [6.45, 7) is 4.35. The summed E-state index contributed by atoms with van der Waals surface area (Å²) in [5.41, 5.74) is 3.23. The Labute approximate surface area is 187 Å². The molecule has 2 unspecified atom stereocenters. The Morgan fingerprint density at radius 3 is 2.16 bits per heavy atom. The molecule has 0 bridgehead atoms. The highest BCUT2D eigenvalue weighted by Crippen LogP contribution is 2.33. The molecular weight excluding hydrogens is 409 g/mol. The van der Waals surface area contributed by atoms with Crippen LogP contribution in [0.5, 0.6) is 0 Å². The van der Waals surface area contributed by atoms with Crippen LogP contribution in [0.2, 0.25) is 0 Å². The minimum absolute atomic E-state index is 0.148. The van der Waals surface area contributed by atoms with Gasteiger partial charge in [-0.15, -0.1) is 0 Å². The van der Waals surface area contributed by atoms with Crippen LogP contribution >= 0.6 is 0 Å². The summed E-state index contributed by atoms with van der Waals surface area (Å²) in [4.78, 5) is 0. The van der Waals surface area contributed by atoms with E-state index in [9.17, 15) is 13.2 Å². The molecule has 0 amide bonds. The fraction of sp³-hybridized carbons (Fsp3) is 0.286. The SMILES string of the molecule is C/C=C/C1CCC(c2ccc(-c3ccc(-c4ccc(CC)c(F)c4F)cc3)c(F)c2)CO1. The lowest BCUT2D eigenvalue weighted by molar-refractivity contribution is 0.0326. The zero-order valence-corrected chi connectivity index (χ0v) is 18.4. The zero-order chi connectivity index (χ0) is 22.7. The van der Waals surface area contributed by atoms with Gasteiger partial charge < -0.3 is 4.74 Å². The molecule has 32 heavy (non-hydrogen) atoms. The lowest BCUT2D eigenvalue weighted by Gasteiger charge is -2.28. The molecule has 166 valence electrons. The van der Waals surface area contributed by atoms with Gasteiger partial charge in [-0.1, -0.05) is 67.6 Å². The van der Waals surface area contributed by atoms with Crippen LogP contribution in [0.1, 0.15) is 43.7 Å². The fourth-order valence-corrected chi connectivity index (χ4v) is 4.34. The number of benzene rings is 3. The van der Waals surface area contributed by atoms with E-state index < -0.39 is 11.6 Å². The smallest absolute Gasteiger partial charge is 0.166 e. The van der Waals surface area contributed by atoms with Crippen molar-refractivity contribution in [2.45, 2.75) is 45.1 Å². The Bertz CT molecular complexity index is 1110. The first kappa shape index (κ1) is 22.3. The fourth-order valence-electron chi connectivity index (χ4n) is 4.34. The third-order valence-corrected chi connectivity index (χ3v) is 6.23. The Morgan fingerprint density at radius 1 is 0.875 bits per heavy atom. The van der Waals surface area contributed by atoms with Crippen LogP contribution < -0.4 is 0 Å². The van der Waals surface area contributed by atoms with Crippen molar-refractivity contribution in [1.29, 1.82) is 0 Å². The van der Waals surface area contributed by atoms with Gasteiger partial charge in [0.1, 0.15) is 5.82 Å².